The molecule has 74 valence electrons. The molecule has 1 saturated heterocycles. The largest absolute Gasteiger partial charge is 0.389 e. The van der Waals surface area contributed by atoms with Crippen molar-refractivity contribution in [2.75, 3.05) is 19.6 Å². The molecule has 0 aromatic heterocycles. The van der Waals surface area contributed by atoms with E-state index in [1.165, 1.54) is 0 Å². The summed E-state index contributed by atoms with van der Waals surface area (Å²) in [4.78, 5) is 2.03. The highest BCUT2D eigenvalue weighted by Gasteiger charge is 2.28. The SMILES string of the molecule is N#CCCCCN1CC(O)C(O)C1. The van der Waals surface area contributed by atoms with E-state index in [9.17, 15) is 10.2 Å². The first-order valence-electron chi connectivity index (χ1n) is 4.69. The summed E-state index contributed by atoms with van der Waals surface area (Å²) < 4.78 is 0. The van der Waals surface area contributed by atoms with Gasteiger partial charge in [-0.1, -0.05) is 0 Å². The third kappa shape index (κ3) is 3.31. The Morgan fingerprint density at radius 3 is 2.38 bits per heavy atom. The Balaban J connectivity index is 2.07. The van der Waals surface area contributed by atoms with Crippen molar-refractivity contribution in [3.05, 3.63) is 0 Å². The molecule has 0 aromatic carbocycles. The van der Waals surface area contributed by atoms with Crippen molar-refractivity contribution in [2.45, 2.75) is 31.5 Å². The van der Waals surface area contributed by atoms with Gasteiger partial charge >= 0.3 is 0 Å². The highest BCUT2D eigenvalue weighted by molar-refractivity contribution is 4.83. The van der Waals surface area contributed by atoms with Crippen LogP contribution in [0, 0.1) is 11.3 Å². The average molecular weight is 184 g/mol. The van der Waals surface area contributed by atoms with Gasteiger partial charge in [-0.2, -0.15) is 5.26 Å². The maximum absolute atomic E-state index is 9.23. The van der Waals surface area contributed by atoms with Crippen molar-refractivity contribution >= 4 is 0 Å². The summed E-state index contributed by atoms with van der Waals surface area (Å²) in [6.07, 6.45) is 1.29. The molecule has 0 spiro atoms. The number of nitriles is 1. The molecule has 2 N–H and O–H groups in total. The molecule has 2 atom stereocenters. The Morgan fingerprint density at radius 2 is 1.85 bits per heavy atom. The molecule has 1 fully saturated rings. The molecule has 1 heterocycles. The first-order chi connectivity index (χ1) is 6.24. The second-order valence-corrected chi connectivity index (χ2v) is 3.51. The number of aliphatic hydroxyl groups excluding tert-OH is 2. The highest BCUT2D eigenvalue weighted by Crippen LogP contribution is 2.10. The summed E-state index contributed by atoms with van der Waals surface area (Å²) in [6.45, 7) is 2.00. The molecule has 0 aromatic rings. The van der Waals surface area contributed by atoms with Crippen molar-refractivity contribution in [1.29, 1.82) is 5.26 Å². The quantitative estimate of drug-likeness (QED) is 0.590. The normalized spacial score (nSPS) is 29.0. The van der Waals surface area contributed by atoms with E-state index in [4.69, 9.17) is 5.26 Å². The molecule has 2 unspecified atom stereocenters. The van der Waals surface area contributed by atoms with Gasteiger partial charge in [0.25, 0.3) is 0 Å². The summed E-state index contributed by atoms with van der Waals surface area (Å²) in [7, 11) is 0. The lowest BCUT2D eigenvalue weighted by Gasteiger charge is -2.13. The summed E-state index contributed by atoms with van der Waals surface area (Å²) in [5.41, 5.74) is 0. The molecule has 0 aliphatic carbocycles. The van der Waals surface area contributed by atoms with E-state index in [0.717, 1.165) is 19.4 Å². The number of aliphatic hydroxyl groups is 2. The molecule has 4 heteroatoms. The molecule has 1 aliphatic heterocycles. The third-order valence-corrected chi connectivity index (χ3v) is 2.35. The van der Waals surface area contributed by atoms with E-state index in [0.29, 0.717) is 19.5 Å². The van der Waals surface area contributed by atoms with E-state index in [2.05, 4.69) is 6.07 Å². The van der Waals surface area contributed by atoms with E-state index < -0.39 is 12.2 Å². The monoisotopic (exact) mass is 184 g/mol. The number of β-amino-alcohol motifs (C(OH)–C–C–N with tert-alkyl or cyclic N) is 2. The zero-order valence-electron chi connectivity index (χ0n) is 7.69. The molecular weight excluding hydrogens is 168 g/mol. The van der Waals surface area contributed by atoms with E-state index in [-0.39, 0.29) is 0 Å². The van der Waals surface area contributed by atoms with Gasteiger partial charge in [-0.3, -0.25) is 4.90 Å². The minimum atomic E-state index is -0.587. The molecule has 0 amide bonds. The lowest BCUT2D eigenvalue weighted by Crippen LogP contribution is -2.23. The summed E-state index contributed by atoms with van der Waals surface area (Å²) in [6, 6.07) is 2.09. The Kier molecular flexibility index (Phi) is 4.16. The van der Waals surface area contributed by atoms with Gasteiger partial charge in [0.2, 0.25) is 0 Å². The minimum Gasteiger partial charge on any atom is -0.389 e. The summed E-state index contributed by atoms with van der Waals surface area (Å²) in [5.74, 6) is 0. The first-order valence-corrected chi connectivity index (χ1v) is 4.69. The van der Waals surface area contributed by atoms with Gasteiger partial charge in [0.15, 0.2) is 0 Å². The molecule has 13 heavy (non-hydrogen) atoms. The lowest BCUT2D eigenvalue weighted by molar-refractivity contribution is 0.0572. The lowest BCUT2D eigenvalue weighted by atomic mass is 10.2. The van der Waals surface area contributed by atoms with Crippen LogP contribution in [0.25, 0.3) is 0 Å². The smallest absolute Gasteiger partial charge is 0.0938 e. The maximum atomic E-state index is 9.23. The van der Waals surface area contributed by atoms with Crippen LogP contribution in [0.3, 0.4) is 0 Å². The minimum absolute atomic E-state index is 0.563. The molecule has 0 bridgehead atoms. The standard InChI is InChI=1S/C9H16N2O2/c10-4-2-1-3-5-11-6-8(12)9(13)7-11/h8-9,12-13H,1-3,5-7H2. The van der Waals surface area contributed by atoms with Gasteiger partial charge in [-0.15, -0.1) is 0 Å². The van der Waals surface area contributed by atoms with E-state index in [1.807, 2.05) is 4.90 Å². The van der Waals surface area contributed by atoms with Crippen LogP contribution in [0.5, 0.6) is 0 Å². The Hall–Kier alpha value is -0.630. The van der Waals surface area contributed by atoms with Crippen LogP contribution >= 0.6 is 0 Å². The number of rotatable bonds is 4. The average Bonchev–Trinajstić information content (AvgIpc) is 2.41. The number of hydrogen-bond donors (Lipinski definition) is 2. The fraction of sp³-hybridized carbons (Fsp3) is 0.889. The van der Waals surface area contributed by atoms with Crippen molar-refractivity contribution in [1.82, 2.24) is 4.90 Å². The van der Waals surface area contributed by atoms with Crippen LogP contribution in [-0.2, 0) is 0 Å². The first kappa shape index (κ1) is 10.5. The van der Waals surface area contributed by atoms with E-state index >= 15 is 0 Å². The molecule has 1 aliphatic rings. The Labute approximate surface area is 78.4 Å². The third-order valence-electron chi connectivity index (χ3n) is 2.35. The molecule has 1 rings (SSSR count). The summed E-state index contributed by atoms with van der Waals surface area (Å²) in [5, 5.41) is 26.8. The van der Waals surface area contributed by atoms with Crippen LogP contribution in [0.4, 0.5) is 0 Å². The highest BCUT2D eigenvalue weighted by atomic mass is 16.3. The number of likely N-dealkylation sites (tertiary alicyclic amines) is 1. The molecular formula is C9H16N2O2. The van der Waals surface area contributed by atoms with Crippen molar-refractivity contribution in [3.63, 3.8) is 0 Å². The van der Waals surface area contributed by atoms with Gasteiger partial charge < -0.3 is 10.2 Å². The topological polar surface area (TPSA) is 67.5 Å². The number of unbranched alkanes of at least 4 members (excludes halogenated alkanes) is 2. The Bertz CT molecular complexity index is 181. The van der Waals surface area contributed by atoms with Crippen LogP contribution in [0.1, 0.15) is 19.3 Å². The molecule has 0 saturated carbocycles. The fourth-order valence-corrected chi connectivity index (χ4v) is 1.57. The summed E-state index contributed by atoms with van der Waals surface area (Å²) >= 11 is 0. The van der Waals surface area contributed by atoms with Crippen LogP contribution < -0.4 is 0 Å². The van der Waals surface area contributed by atoms with Crippen molar-refractivity contribution < 1.29 is 10.2 Å². The number of nitrogens with zero attached hydrogens (tertiary/aromatic N) is 2. The number of hydrogen-bond acceptors (Lipinski definition) is 4. The van der Waals surface area contributed by atoms with Gasteiger partial charge in [0, 0.05) is 19.5 Å². The predicted molar refractivity (Wildman–Crippen MR) is 47.9 cm³/mol. The zero-order chi connectivity index (χ0) is 9.68. The van der Waals surface area contributed by atoms with Crippen LogP contribution in [-0.4, -0.2) is 47.0 Å². The van der Waals surface area contributed by atoms with Crippen LogP contribution in [0.15, 0.2) is 0 Å². The Morgan fingerprint density at radius 1 is 1.23 bits per heavy atom. The second kappa shape index (κ2) is 5.18. The van der Waals surface area contributed by atoms with Gasteiger partial charge in [0.1, 0.15) is 0 Å². The van der Waals surface area contributed by atoms with Gasteiger partial charge in [-0.25, -0.2) is 0 Å². The van der Waals surface area contributed by atoms with Crippen LogP contribution in [0.2, 0.25) is 0 Å². The second-order valence-electron chi connectivity index (χ2n) is 3.51. The zero-order valence-corrected chi connectivity index (χ0v) is 7.69. The fourth-order valence-electron chi connectivity index (χ4n) is 1.57. The molecule has 0 radical (unpaired) electrons. The molecule has 4 nitrogen and oxygen atoms in total. The van der Waals surface area contributed by atoms with Crippen molar-refractivity contribution in [2.24, 2.45) is 0 Å². The maximum Gasteiger partial charge on any atom is 0.0938 e. The van der Waals surface area contributed by atoms with Gasteiger partial charge in [-0.05, 0) is 19.4 Å². The van der Waals surface area contributed by atoms with E-state index in [1.54, 1.807) is 0 Å². The van der Waals surface area contributed by atoms with Gasteiger partial charge in [0.05, 0.1) is 18.3 Å². The predicted octanol–water partition coefficient (Wildman–Crippen LogP) is -0.282. The van der Waals surface area contributed by atoms with Crippen molar-refractivity contribution in [3.8, 4) is 6.07 Å².